The zero-order chi connectivity index (χ0) is 14.4. The fourth-order valence-corrected chi connectivity index (χ4v) is 3.47. The molecule has 110 valence electrons. The van der Waals surface area contributed by atoms with Gasteiger partial charge in [-0.2, -0.15) is 0 Å². The Morgan fingerprint density at radius 3 is 2.90 bits per heavy atom. The number of amides is 1. The van der Waals surface area contributed by atoms with E-state index in [0.717, 1.165) is 25.8 Å². The van der Waals surface area contributed by atoms with E-state index in [2.05, 4.69) is 22.5 Å². The first-order valence-electron chi connectivity index (χ1n) is 7.05. The van der Waals surface area contributed by atoms with Crippen LogP contribution in [0.3, 0.4) is 0 Å². The van der Waals surface area contributed by atoms with Gasteiger partial charge in [0.05, 0.1) is 5.56 Å². The van der Waals surface area contributed by atoms with Gasteiger partial charge in [-0.3, -0.25) is 9.00 Å². The molecule has 0 radical (unpaired) electrons. The van der Waals surface area contributed by atoms with Crippen LogP contribution in [0.15, 0.2) is 18.3 Å². The van der Waals surface area contributed by atoms with Crippen LogP contribution >= 0.6 is 0 Å². The van der Waals surface area contributed by atoms with E-state index in [0.29, 0.717) is 22.9 Å². The number of anilines is 1. The highest BCUT2D eigenvalue weighted by Gasteiger charge is 2.21. The minimum absolute atomic E-state index is 0.102. The first kappa shape index (κ1) is 15.0. The van der Waals surface area contributed by atoms with Gasteiger partial charge in [-0.05, 0) is 31.4 Å². The Morgan fingerprint density at radius 1 is 1.45 bits per heavy atom. The van der Waals surface area contributed by atoms with Crippen molar-refractivity contribution in [2.75, 3.05) is 23.4 Å². The summed E-state index contributed by atoms with van der Waals surface area (Å²) in [5.41, 5.74) is 0.577. The van der Waals surface area contributed by atoms with Gasteiger partial charge in [-0.1, -0.05) is 6.92 Å². The molecule has 2 rings (SSSR count). The van der Waals surface area contributed by atoms with Crippen molar-refractivity contribution in [1.29, 1.82) is 0 Å². The third-order valence-electron chi connectivity index (χ3n) is 3.32. The van der Waals surface area contributed by atoms with Gasteiger partial charge in [0.15, 0.2) is 0 Å². The lowest BCUT2D eigenvalue weighted by Gasteiger charge is -2.23. The van der Waals surface area contributed by atoms with E-state index in [-0.39, 0.29) is 11.9 Å². The highest BCUT2D eigenvalue weighted by atomic mass is 32.2. The van der Waals surface area contributed by atoms with Crippen LogP contribution in [-0.2, 0) is 10.8 Å². The maximum atomic E-state index is 12.3. The van der Waals surface area contributed by atoms with E-state index in [4.69, 9.17) is 0 Å². The van der Waals surface area contributed by atoms with E-state index in [1.807, 2.05) is 0 Å². The van der Waals surface area contributed by atoms with Gasteiger partial charge >= 0.3 is 0 Å². The average molecular weight is 295 g/mol. The molecule has 0 saturated carbocycles. The normalized spacial score (nSPS) is 22.2. The number of hydrogen-bond acceptors (Lipinski definition) is 4. The number of rotatable bonds is 5. The Bertz CT molecular complexity index is 483. The highest BCUT2D eigenvalue weighted by Crippen LogP contribution is 2.14. The summed E-state index contributed by atoms with van der Waals surface area (Å²) in [6.07, 6.45) is 4.23. The summed E-state index contributed by atoms with van der Waals surface area (Å²) in [5, 5.41) is 6.19. The van der Waals surface area contributed by atoms with Crippen LogP contribution in [0.5, 0.6) is 0 Å². The number of pyridine rings is 1. The lowest BCUT2D eigenvalue weighted by atomic mass is 10.1. The Balaban J connectivity index is 1.99. The number of nitrogens with one attached hydrogen (secondary N) is 2. The van der Waals surface area contributed by atoms with E-state index in [1.165, 1.54) is 0 Å². The van der Waals surface area contributed by atoms with Gasteiger partial charge in [0.2, 0.25) is 0 Å². The monoisotopic (exact) mass is 295 g/mol. The largest absolute Gasteiger partial charge is 0.369 e. The van der Waals surface area contributed by atoms with Crippen LogP contribution in [0.2, 0.25) is 0 Å². The number of carbonyl (C=O) groups excluding carboxylic acids is 1. The maximum absolute atomic E-state index is 12.3. The molecule has 20 heavy (non-hydrogen) atoms. The second-order valence-electron chi connectivity index (χ2n) is 4.92. The van der Waals surface area contributed by atoms with Crippen LogP contribution in [-0.4, -0.2) is 39.2 Å². The molecule has 5 nitrogen and oxygen atoms in total. The van der Waals surface area contributed by atoms with Gasteiger partial charge in [0.25, 0.3) is 5.91 Å². The lowest BCUT2D eigenvalue weighted by Crippen LogP contribution is -2.39. The third kappa shape index (κ3) is 4.03. The molecule has 0 aromatic carbocycles. The summed E-state index contributed by atoms with van der Waals surface area (Å²) in [4.78, 5) is 16.5. The van der Waals surface area contributed by atoms with E-state index in [1.54, 1.807) is 18.3 Å². The fraction of sp³-hybridized carbons (Fsp3) is 0.571. The molecule has 1 aliphatic heterocycles. The Kier molecular flexibility index (Phi) is 5.52. The number of carbonyl (C=O) groups is 1. The summed E-state index contributed by atoms with van der Waals surface area (Å²) in [6, 6.07) is 3.67. The molecular formula is C14H21N3O2S. The second-order valence-corrected chi connectivity index (χ2v) is 6.62. The first-order valence-corrected chi connectivity index (χ1v) is 8.54. The van der Waals surface area contributed by atoms with Crippen molar-refractivity contribution in [2.24, 2.45) is 0 Å². The molecule has 0 atom stereocenters. The van der Waals surface area contributed by atoms with E-state index >= 15 is 0 Å². The third-order valence-corrected chi connectivity index (χ3v) is 4.70. The smallest absolute Gasteiger partial charge is 0.255 e. The van der Waals surface area contributed by atoms with Crippen LogP contribution in [0.4, 0.5) is 5.82 Å². The van der Waals surface area contributed by atoms with Gasteiger partial charge in [0.1, 0.15) is 5.82 Å². The summed E-state index contributed by atoms with van der Waals surface area (Å²) in [7, 11) is -0.705. The summed E-state index contributed by atoms with van der Waals surface area (Å²) in [5.74, 6) is 1.89. The standard InChI is InChI=1S/C14H21N3O2S/c1-2-7-15-13-12(4-3-8-16-13)14(18)17-11-5-9-20(19)10-6-11/h3-4,8,11H,2,5-7,9-10H2,1H3,(H,15,16)(H,17,18). The molecule has 0 unspecified atom stereocenters. The van der Waals surface area contributed by atoms with Crippen molar-refractivity contribution in [3.8, 4) is 0 Å². The van der Waals surface area contributed by atoms with Crippen LogP contribution < -0.4 is 10.6 Å². The molecule has 1 saturated heterocycles. The molecular weight excluding hydrogens is 274 g/mol. The van der Waals surface area contributed by atoms with Crippen molar-refractivity contribution in [2.45, 2.75) is 32.2 Å². The Morgan fingerprint density at radius 2 is 2.20 bits per heavy atom. The topological polar surface area (TPSA) is 71.1 Å². The molecule has 1 amide bonds. The van der Waals surface area contributed by atoms with Gasteiger partial charge in [-0.15, -0.1) is 0 Å². The average Bonchev–Trinajstić information content (AvgIpc) is 2.47. The first-order chi connectivity index (χ1) is 9.70. The minimum Gasteiger partial charge on any atom is -0.369 e. The van der Waals surface area contributed by atoms with Crippen molar-refractivity contribution in [1.82, 2.24) is 10.3 Å². The van der Waals surface area contributed by atoms with Crippen LogP contribution in [0, 0.1) is 0 Å². The van der Waals surface area contributed by atoms with E-state index in [9.17, 15) is 9.00 Å². The molecule has 0 spiro atoms. The molecule has 1 aromatic rings. The Hall–Kier alpha value is -1.43. The zero-order valence-corrected chi connectivity index (χ0v) is 12.5. The molecule has 1 aromatic heterocycles. The number of hydrogen-bond donors (Lipinski definition) is 2. The predicted molar refractivity (Wildman–Crippen MR) is 81.4 cm³/mol. The highest BCUT2D eigenvalue weighted by molar-refractivity contribution is 7.85. The van der Waals surface area contributed by atoms with Crippen LogP contribution in [0.1, 0.15) is 36.5 Å². The molecule has 0 aliphatic carbocycles. The van der Waals surface area contributed by atoms with Crippen molar-refractivity contribution < 1.29 is 9.00 Å². The van der Waals surface area contributed by atoms with Crippen molar-refractivity contribution in [3.63, 3.8) is 0 Å². The molecule has 2 N–H and O–H groups in total. The Labute approximate surface area is 122 Å². The summed E-state index contributed by atoms with van der Waals surface area (Å²) >= 11 is 0. The molecule has 1 fully saturated rings. The number of aromatic nitrogens is 1. The van der Waals surface area contributed by atoms with Crippen molar-refractivity contribution >= 4 is 22.5 Å². The fourth-order valence-electron chi connectivity index (χ4n) is 2.17. The zero-order valence-electron chi connectivity index (χ0n) is 11.7. The van der Waals surface area contributed by atoms with E-state index < -0.39 is 10.8 Å². The van der Waals surface area contributed by atoms with Crippen molar-refractivity contribution in [3.05, 3.63) is 23.9 Å². The van der Waals surface area contributed by atoms with Gasteiger partial charge < -0.3 is 10.6 Å². The summed E-state index contributed by atoms with van der Waals surface area (Å²) in [6.45, 7) is 2.86. The second kappa shape index (κ2) is 7.38. The number of nitrogens with zero attached hydrogens (tertiary/aromatic N) is 1. The lowest BCUT2D eigenvalue weighted by molar-refractivity contribution is 0.0935. The SMILES string of the molecule is CCCNc1ncccc1C(=O)NC1CCS(=O)CC1. The van der Waals surface area contributed by atoms with Gasteiger partial charge in [0, 0.05) is 41.1 Å². The molecule has 6 heteroatoms. The molecule has 1 aliphatic rings. The minimum atomic E-state index is -0.705. The molecule has 0 bridgehead atoms. The quantitative estimate of drug-likeness (QED) is 0.864. The predicted octanol–water partition coefficient (Wildman–Crippen LogP) is 1.54. The van der Waals surface area contributed by atoms with Crippen LogP contribution in [0.25, 0.3) is 0 Å². The van der Waals surface area contributed by atoms with Gasteiger partial charge in [-0.25, -0.2) is 4.98 Å². The maximum Gasteiger partial charge on any atom is 0.255 e. The molecule has 2 heterocycles. The summed E-state index contributed by atoms with van der Waals surface area (Å²) < 4.78 is 11.3.